The van der Waals surface area contributed by atoms with Gasteiger partial charge in [-0.1, -0.05) is 18.2 Å². The van der Waals surface area contributed by atoms with Crippen LogP contribution in [0, 0.1) is 15.9 Å². The Morgan fingerprint density at radius 3 is 2.60 bits per heavy atom. The van der Waals surface area contributed by atoms with Crippen LogP contribution in [0.3, 0.4) is 0 Å². The van der Waals surface area contributed by atoms with Crippen LogP contribution in [0.15, 0.2) is 36.7 Å². The van der Waals surface area contributed by atoms with E-state index in [9.17, 15) is 14.5 Å². The van der Waals surface area contributed by atoms with Crippen molar-refractivity contribution in [2.75, 3.05) is 32.7 Å². The molecule has 0 N–H and O–H groups in total. The van der Waals surface area contributed by atoms with Crippen LogP contribution in [-0.4, -0.2) is 57.2 Å². The molecule has 2 aromatic rings. The molecule has 0 saturated carbocycles. The zero-order chi connectivity index (χ0) is 17.8. The number of nitrogens with zero attached hydrogens (tertiary/aromatic N) is 5. The molecular formula is C17H22FN5O2. The number of nitro groups is 1. The average Bonchev–Trinajstić information content (AvgIpc) is 3.10. The van der Waals surface area contributed by atoms with E-state index in [0.717, 1.165) is 38.3 Å². The fraction of sp³-hybridized carbons (Fsp3) is 0.471. The van der Waals surface area contributed by atoms with Crippen LogP contribution in [0.5, 0.6) is 0 Å². The van der Waals surface area contributed by atoms with E-state index in [1.165, 1.54) is 18.5 Å². The highest BCUT2D eigenvalue weighted by atomic mass is 19.1. The quantitative estimate of drug-likeness (QED) is 0.592. The van der Waals surface area contributed by atoms with Crippen molar-refractivity contribution in [3.8, 4) is 0 Å². The first-order valence-electron chi connectivity index (χ1n) is 8.42. The van der Waals surface area contributed by atoms with Crippen molar-refractivity contribution in [2.24, 2.45) is 0 Å². The number of rotatable bonds is 6. The lowest BCUT2D eigenvalue weighted by Gasteiger charge is -2.38. The van der Waals surface area contributed by atoms with Gasteiger partial charge in [-0.05, 0) is 13.0 Å². The molecule has 1 aromatic carbocycles. The summed E-state index contributed by atoms with van der Waals surface area (Å²) < 4.78 is 15.5. The van der Waals surface area contributed by atoms with Crippen molar-refractivity contribution in [3.05, 3.63) is 58.2 Å². The van der Waals surface area contributed by atoms with Crippen molar-refractivity contribution >= 4 is 5.69 Å². The number of hydrogen-bond donors (Lipinski definition) is 0. The second-order valence-corrected chi connectivity index (χ2v) is 6.29. The lowest BCUT2D eigenvalue weighted by molar-refractivity contribution is -0.385. The van der Waals surface area contributed by atoms with Crippen LogP contribution < -0.4 is 0 Å². The van der Waals surface area contributed by atoms with E-state index in [1.54, 1.807) is 10.7 Å². The Bertz CT molecular complexity index is 727. The summed E-state index contributed by atoms with van der Waals surface area (Å²) in [5.74, 6) is -0.155. The van der Waals surface area contributed by atoms with Gasteiger partial charge in [-0.25, -0.2) is 4.39 Å². The highest BCUT2D eigenvalue weighted by Crippen LogP contribution is 2.23. The summed E-state index contributed by atoms with van der Waals surface area (Å²) in [5.41, 5.74) is 0.753. The predicted molar refractivity (Wildman–Crippen MR) is 91.7 cm³/mol. The van der Waals surface area contributed by atoms with Gasteiger partial charge in [0.25, 0.3) is 0 Å². The zero-order valence-corrected chi connectivity index (χ0v) is 14.2. The summed E-state index contributed by atoms with van der Waals surface area (Å²) in [6.07, 6.45) is 2.73. The van der Waals surface area contributed by atoms with E-state index in [2.05, 4.69) is 14.9 Å². The molecule has 7 nitrogen and oxygen atoms in total. The SMILES string of the molecule is C[C@@H](c1ccccc1F)N1CCN(CCn2cc([N+](=O)[O-])cn2)CC1. The standard InChI is InChI=1S/C17H22FN5O2/c1-14(16-4-2-3-5-17(16)18)21-9-6-20(7-10-21)8-11-22-13-15(12-19-22)23(24)25/h2-5,12-14H,6-11H2,1H3/t14-/m0/s1. The fourth-order valence-electron chi connectivity index (χ4n) is 3.20. The molecule has 0 aliphatic carbocycles. The summed E-state index contributed by atoms with van der Waals surface area (Å²) >= 11 is 0. The Morgan fingerprint density at radius 2 is 1.96 bits per heavy atom. The monoisotopic (exact) mass is 347 g/mol. The lowest BCUT2D eigenvalue weighted by Crippen LogP contribution is -2.47. The van der Waals surface area contributed by atoms with Gasteiger partial charge in [-0.2, -0.15) is 5.10 Å². The van der Waals surface area contributed by atoms with E-state index >= 15 is 0 Å². The summed E-state index contributed by atoms with van der Waals surface area (Å²) in [5, 5.41) is 14.7. The van der Waals surface area contributed by atoms with Gasteiger partial charge < -0.3 is 0 Å². The van der Waals surface area contributed by atoms with Crippen LogP contribution in [0.25, 0.3) is 0 Å². The zero-order valence-electron chi connectivity index (χ0n) is 14.2. The van der Waals surface area contributed by atoms with Gasteiger partial charge in [0.1, 0.15) is 18.2 Å². The molecule has 8 heteroatoms. The van der Waals surface area contributed by atoms with Crippen LogP contribution >= 0.6 is 0 Å². The first-order valence-corrected chi connectivity index (χ1v) is 8.42. The maximum absolute atomic E-state index is 13.9. The van der Waals surface area contributed by atoms with Crippen LogP contribution in [0.1, 0.15) is 18.5 Å². The first-order chi connectivity index (χ1) is 12.0. The van der Waals surface area contributed by atoms with Crippen LogP contribution in [0.4, 0.5) is 10.1 Å². The second-order valence-electron chi connectivity index (χ2n) is 6.29. The number of benzene rings is 1. The Labute approximate surface area is 145 Å². The molecule has 134 valence electrons. The molecule has 1 atom stereocenters. The number of piperazine rings is 1. The second kappa shape index (κ2) is 7.71. The normalized spacial score (nSPS) is 17.5. The molecule has 0 radical (unpaired) electrons. The minimum Gasteiger partial charge on any atom is -0.299 e. The number of halogens is 1. The van der Waals surface area contributed by atoms with Crippen molar-refractivity contribution in [2.45, 2.75) is 19.5 Å². The third-order valence-electron chi connectivity index (χ3n) is 4.79. The molecule has 0 bridgehead atoms. The van der Waals surface area contributed by atoms with Crippen molar-refractivity contribution in [3.63, 3.8) is 0 Å². The molecule has 0 spiro atoms. The molecule has 25 heavy (non-hydrogen) atoms. The highest BCUT2D eigenvalue weighted by molar-refractivity contribution is 5.21. The van der Waals surface area contributed by atoms with E-state index in [4.69, 9.17) is 0 Å². The van der Waals surface area contributed by atoms with E-state index in [0.29, 0.717) is 6.54 Å². The third kappa shape index (κ3) is 4.21. The summed E-state index contributed by atoms with van der Waals surface area (Å²) in [4.78, 5) is 14.8. The number of aromatic nitrogens is 2. The maximum Gasteiger partial charge on any atom is 0.306 e. The molecule has 1 aromatic heterocycles. The smallest absolute Gasteiger partial charge is 0.299 e. The fourth-order valence-corrected chi connectivity index (χ4v) is 3.20. The molecular weight excluding hydrogens is 325 g/mol. The van der Waals surface area contributed by atoms with Gasteiger partial charge in [0, 0.05) is 44.3 Å². The van der Waals surface area contributed by atoms with Gasteiger partial charge in [0.2, 0.25) is 0 Å². The molecule has 1 fully saturated rings. The Kier molecular flexibility index (Phi) is 5.40. The lowest BCUT2D eigenvalue weighted by atomic mass is 10.1. The molecule has 0 unspecified atom stereocenters. The predicted octanol–water partition coefficient (Wildman–Crippen LogP) is 2.31. The van der Waals surface area contributed by atoms with Crippen LogP contribution in [-0.2, 0) is 6.54 Å². The maximum atomic E-state index is 13.9. The first kappa shape index (κ1) is 17.5. The molecule has 2 heterocycles. The molecule has 1 aliphatic heterocycles. The van der Waals surface area contributed by atoms with Gasteiger partial charge in [-0.3, -0.25) is 24.6 Å². The molecule has 1 saturated heterocycles. The average molecular weight is 347 g/mol. The van der Waals surface area contributed by atoms with E-state index < -0.39 is 4.92 Å². The van der Waals surface area contributed by atoms with Gasteiger partial charge in [0.05, 0.1) is 11.5 Å². The third-order valence-corrected chi connectivity index (χ3v) is 4.79. The van der Waals surface area contributed by atoms with Gasteiger partial charge in [-0.15, -0.1) is 0 Å². The minimum atomic E-state index is -0.438. The van der Waals surface area contributed by atoms with Crippen molar-refractivity contribution in [1.29, 1.82) is 0 Å². The van der Waals surface area contributed by atoms with E-state index in [-0.39, 0.29) is 17.5 Å². The molecule has 0 amide bonds. The summed E-state index contributed by atoms with van der Waals surface area (Å²) in [6.45, 7) is 6.97. The Balaban J connectivity index is 1.48. The minimum absolute atomic E-state index is 0.0172. The summed E-state index contributed by atoms with van der Waals surface area (Å²) in [7, 11) is 0. The highest BCUT2D eigenvalue weighted by Gasteiger charge is 2.23. The Hall–Kier alpha value is -2.32. The van der Waals surface area contributed by atoms with Gasteiger partial charge in [0.15, 0.2) is 0 Å². The number of hydrogen-bond acceptors (Lipinski definition) is 5. The van der Waals surface area contributed by atoms with Crippen molar-refractivity contribution in [1.82, 2.24) is 19.6 Å². The molecule has 3 rings (SSSR count). The van der Waals surface area contributed by atoms with Crippen LogP contribution in [0.2, 0.25) is 0 Å². The summed E-state index contributed by atoms with van der Waals surface area (Å²) in [6, 6.07) is 6.98. The topological polar surface area (TPSA) is 67.4 Å². The van der Waals surface area contributed by atoms with Gasteiger partial charge >= 0.3 is 5.69 Å². The molecule has 1 aliphatic rings. The van der Waals surface area contributed by atoms with Crippen molar-refractivity contribution < 1.29 is 9.31 Å². The van der Waals surface area contributed by atoms with E-state index in [1.807, 2.05) is 19.1 Å². The Morgan fingerprint density at radius 1 is 1.24 bits per heavy atom. The largest absolute Gasteiger partial charge is 0.306 e.